The molecule has 1 aromatic heterocycles. The van der Waals surface area contributed by atoms with Crippen molar-refractivity contribution in [3.63, 3.8) is 0 Å². The van der Waals surface area contributed by atoms with Gasteiger partial charge < -0.3 is 0 Å². The average molecular weight is 192 g/mol. The number of Topliss-reactive ketones (excluding diaryl/α,β-unsaturated/α-hetero) is 1. The molecule has 0 radical (unpaired) electrons. The summed E-state index contributed by atoms with van der Waals surface area (Å²) in [6.45, 7) is 3.57. The molecule has 0 aromatic carbocycles. The topological polar surface area (TPSA) is 45.8 Å². The monoisotopic (exact) mass is 192 g/mol. The molecule has 0 saturated heterocycles. The van der Waals surface area contributed by atoms with Crippen molar-refractivity contribution in [2.24, 2.45) is 0 Å². The van der Waals surface area contributed by atoms with Gasteiger partial charge in [0, 0.05) is 5.69 Å². The lowest BCUT2D eigenvalue weighted by atomic mass is 9.91. The number of hydrogen-bond donors (Lipinski definition) is 1. The van der Waals surface area contributed by atoms with E-state index in [1.165, 1.54) is 24.1 Å². The lowest BCUT2D eigenvalue weighted by Gasteiger charge is -2.13. The molecule has 1 aromatic rings. The molecule has 1 N–H and O–H groups in total. The Morgan fingerprint density at radius 1 is 1.43 bits per heavy atom. The first kappa shape index (κ1) is 9.44. The lowest BCUT2D eigenvalue weighted by molar-refractivity contribution is -0.118. The van der Waals surface area contributed by atoms with Crippen LogP contribution in [-0.2, 0) is 17.6 Å². The number of hydrogen-bond acceptors (Lipinski definition) is 2. The molecule has 0 saturated carbocycles. The number of carbonyl (C=O) groups excluding carboxylic acids is 1. The van der Waals surface area contributed by atoms with Crippen molar-refractivity contribution in [3.8, 4) is 0 Å². The molecule has 1 atom stereocenters. The van der Waals surface area contributed by atoms with E-state index < -0.39 is 0 Å². The third-order valence-corrected chi connectivity index (χ3v) is 3.11. The molecule has 14 heavy (non-hydrogen) atoms. The predicted molar refractivity (Wildman–Crippen MR) is 54.3 cm³/mol. The highest BCUT2D eigenvalue weighted by atomic mass is 16.1. The minimum Gasteiger partial charge on any atom is -0.299 e. The van der Waals surface area contributed by atoms with Crippen LogP contribution in [0.25, 0.3) is 0 Å². The highest BCUT2D eigenvalue weighted by Gasteiger charge is 2.22. The fourth-order valence-corrected chi connectivity index (χ4v) is 2.06. The standard InChI is InChI=1S/C11H16N2O/c1-7(8(2)14)11-9-5-3-4-6-10(9)12-13-11/h7H,3-6H2,1-2H3,(H,12,13). The van der Waals surface area contributed by atoms with Crippen LogP contribution in [-0.4, -0.2) is 16.0 Å². The number of aryl methyl sites for hydroxylation is 1. The largest absolute Gasteiger partial charge is 0.299 e. The van der Waals surface area contributed by atoms with Gasteiger partial charge in [-0.25, -0.2) is 0 Å². The van der Waals surface area contributed by atoms with E-state index in [0.29, 0.717) is 0 Å². The van der Waals surface area contributed by atoms with Gasteiger partial charge >= 0.3 is 0 Å². The van der Waals surface area contributed by atoms with E-state index >= 15 is 0 Å². The van der Waals surface area contributed by atoms with Crippen LogP contribution < -0.4 is 0 Å². The maximum absolute atomic E-state index is 11.3. The first-order chi connectivity index (χ1) is 6.70. The van der Waals surface area contributed by atoms with Crippen molar-refractivity contribution in [3.05, 3.63) is 17.0 Å². The predicted octanol–water partition coefficient (Wildman–Crippen LogP) is 1.98. The van der Waals surface area contributed by atoms with Crippen LogP contribution in [0.2, 0.25) is 0 Å². The summed E-state index contributed by atoms with van der Waals surface area (Å²) in [5, 5.41) is 7.33. The quantitative estimate of drug-likeness (QED) is 0.778. The number of ketones is 1. The van der Waals surface area contributed by atoms with Crippen molar-refractivity contribution >= 4 is 5.78 Å². The van der Waals surface area contributed by atoms with Crippen LogP contribution in [0.5, 0.6) is 0 Å². The fourth-order valence-electron chi connectivity index (χ4n) is 2.06. The van der Waals surface area contributed by atoms with E-state index in [1.54, 1.807) is 6.92 Å². The molecule has 0 aliphatic heterocycles. The highest BCUT2D eigenvalue weighted by molar-refractivity contribution is 5.82. The average Bonchev–Trinajstić information content (AvgIpc) is 2.60. The van der Waals surface area contributed by atoms with Gasteiger partial charge in [0.2, 0.25) is 0 Å². The van der Waals surface area contributed by atoms with Crippen LogP contribution in [0.1, 0.15) is 49.6 Å². The molecule has 3 nitrogen and oxygen atoms in total. The number of nitrogens with one attached hydrogen (secondary N) is 1. The number of carbonyl (C=O) groups is 1. The first-order valence-corrected chi connectivity index (χ1v) is 5.26. The molecule has 2 rings (SSSR count). The van der Waals surface area contributed by atoms with Crippen molar-refractivity contribution in [1.29, 1.82) is 0 Å². The Kier molecular flexibility index (Phi) is 2.40. The van der Waals surface area contributed by atoms with Crippen molar-refractivity contribution in [2.45, 2.75) is 45.4 Å². The molecular formula is C11H16N2O. The zero-order chi connectivity index (χ0) is 10.1. The van der Waals surface area contributed by atoms with Gasteiger partial charge in [-0.05, 0) is 45.1 Å². The van der Waals surface area contributed by atoms with Gasteiger partial charge in [0.25, 0.3) is 0 Å². The maximum atomic E-state index is 11.3. The maximum Gasteiger partial charge on any atom is 0.138 e. The number of aromatic amines is 1. The molecule has 0 amide bonds. The minimum atomic E-state index is -0.0481. The SMILES string of the molecule is CC(=O)C(C)c1n[nH]c2c1CCCC2. The van der Waals surface area contributed by atoms with Gasteiger partial charge in [-0.3, -0.25) is 9.89 Å². The minimum absolute atomic E-state index is 0.0481. The molecule has 1 aliphatic carbocycles. The zero-order valence-electron chi connectivity index (χ0n) is 8.76. The molecular weight excluding hydrogens is 176 g/mol. The summed E-state index contributed by atoms with van der Waals surface area (Å²) in [6.07, 6.45) is 4.64. The Labute approximate surface area is 83.9 Å². The van der Waals surface area contributed by atoms with Crippen LogP contribution in [0.15, 0.2) is 0 Å². The van der Waals surface area contributed by atoms with Crippen molar-refractivity contribution < 1.29 is 4.79 Å². The number of rotatable bonds is 2. The zero-order valence-corrected chi connectivity index (χ0v) is 8.76. The lowest BCUT2D eigenvalue weighted by Crippen LogP contribution is -2.09. The smallest absolute Gasteiger partial charge is 0.138 e. The van der Waals surface area contributed by atoms with E-state index in [1.807, 2.05) is 6.92 Å². The number of fused-ring (bicyclic) bond motifs is 1. The molecule has 3 heteroatoms. The summed E-state index contributed by atoms with van der Waals surface area (Å²) in [5.74, 6) is 0.151. The normalized spacial score (nSPS) is 17.6. The number of H-pyrrole nitrogens is 1. The highest BCUT2D eigenvalue weighted by Crippen LogP contribution is 2.27. The third kappa shape index (κ3) is 1.47. The summed E-state index contributed by atoms with van der Waals surface area (Å²) in [7, 11) is 0. The van der Waals surface area contributed by atoms with E-state index in [2.05, 4.69) is 10.2 Å². The van der Waals surface area contributed by atoms with E-state index in [4.69, 9.17) is 0 Å². The summed E-state index contributed by atoms with van der Waals surface area (Å²) < 4.78 is 0. The van der Waals surface area contributed by atoms with Gasteiger partial charge in [-0.2, -0.15) is 5.10 Å². The summed E-state index contributed by atoms with van der Waals surface area (Å²) in [4.78, 5) is 11.3. The third-order valence-electron chi connectivity index (χ3n) is 3.11. The van der Waals surface area contributed by atoms with Crippen LogP contribution in [0, 0.1) is 0 Å². The van der Waals surface area contributed by atoms with Gasteiger partial charge in [0.05, 0.1) is 11.6 Å². The van der Waals surface area contributed by atoms with E-state index in [-0.39, 0.29) is 11.7 Å². The molecule has 1 heterocycles. The number of nitrogens with zero attached hydrogens (tertiary/aromatic N) is 1. The van der Waals surface area contributed by atoms with Crippen LogP contribution in [0.4, 0.5) is 0 Å². The molecule has 0 fully saturated rings. The Bertz CT molecular complexity index is 354. The molecule has 0 bridgehead atoms. The molecule has 0 spiro atoms. The summed E-state index contributed by atoms with van der Waals surface area (Å²) in [6, 6.07) is 0. The van der Waals surface area contributed by atoms with Crippen LogP contribution >= 0.6 is 0 Å². The van der Waals surface area contributed by atoms with Crippen LogP contribution in [0.3, 0.4) is 0 Å². The Morgan fingerprint density at radius 2 is 2.14 bits per heavy atom. The molecule has 1 aliphatic rings. The Morgan fingerprint density at radius 3 is 2.86 bits per heavy atom. The Balaban J connectivity index is 2.34. The first-order valence-electron chi connectivity index (χ1n) is 5.26. The fraction of sp³-hybridized carbons (Fsp3) is 0.636. The summed E-state index contributed by atoms with van der Waals surface area (Å²) in [5.41, 5.74) is 3.53. The van der Waals surface area contributed by atoms with Crippen molar-refractivity contribution in [1.82, 2.24) is 10.2 Å². The second kappa shape index (κ2) is 3.56. The molecule has 1 unspecified atom stereocenters. The van der Waals surface area contributed by atoms with Gasteiger partial charge in [0.15, 0.2) is 0 Å². The number of aromatic nitrogens is 2. The van der Waals surface area contributed by atoms with Gasteiger partial charge in [-0.15, -0.1) is 0 Å². The van der Waals surface area contributed by atoms with Crippen molar-refractivity contribution in [2.75, 3.05) is 0 Å². The second-order valence-electron chi connectivity index (χ2n) is 4.11. The Hall–Kier alpha value is -1.12. The molecule has 76 valence electrons. The van der Waals surface area contributed by atoms with Gasteiger partial charge in [0.1, 0.15) is 5.78 Å². The van der Waals surface area contributed by atoms with E-state index in [9.17, 15) is 4.79 Å². The van der Waals surface area contributed by atoms with E-state index in [0.717, 1.165) is 18.5 Å². The second-order valence-corrected chi connectivity index (χ2v) is 4.11. The van der Waals surface area contributed by atoms with Gasteiger partial charge in [-0.1, -0.05) is 0 Å². The summed E-state index contributed by atoms with van der Waals surface area (Å²) >= 11 is 0.